The lowest BCUT2D eigenvalue weighted by Gasteiger charge is -2.15. The van der Waals surface area contributed by atoms with E-state index in [1.807, 2.05) is 13.8 Å². The van der Waals surface area contributed by atoms with Gasteiger partial charge < -0.3 is 4.74 Å². The van der Waals surface area contributed by atoms with Gasteiger partial charge in [0.15, 0.2) is 0 Å². The van der Waals surface area contributed by atoms with Crippen LogP contribution in [0.25, 0.3) is 0 Å². The Morgan fingerprint density at radius 2 is 1.94 bits per heavy atom. The van der Waals surface area contributed by atoms with Crippen molar-refractivity contribution in [1.29, 1.82) is 0 Å². The van der Waals surface area contributed by atoms with Crippen molar-refractivity contribution in [3.05, 3.63) is 0 Å². The largest absolute Gasteiger partial charge is 0.462 e. The Morgan fingerprint density at radius 3 is 2.50 bits per heavy atom. The molecule has 3 nitrogen and oxygen atoms in total. The van der Waals surface area contributed by atoms with Crippen molar-refractivity contribution in [3.8, 4) is 0 Å². The summed E-state index contributed by atoms with van der Waals surface area (Å²) in [5, 5.41) is 0. The molecule has 0 aromatic heterocycles. The number of Topliss-reactive ketones (excluding diaryl/α,β-unsaturated/α-hetero) is 1. The third-order valence-electron chi connectivity index (χ3n) is 3.24. The van der Waals surface area contributed by atoms with E-state index in [1.165, 1.54) is 12.8 Å². The van der Waals surface area contributed by atoms with Crippen LogP contribution in [0.15, 0.2) is 0 Å². The van der Waals surface area contributed by atoms with Gasteiger partial charge in [-0.1, -0.05) is 13.8 Å². The average molecular weight is 226 g/mol. The van der Waals surface area contributed by atoms with E-state index >= 15 is 0 Å². The van der Waals surface area contributed by atoms with Gasteiger partial charge in [0, 0.05) is 12.8 Å². The fraction of sp³-hybridized carbons (Fsp3) is 0.846. The van der Waals surface area contributed by atoms with E-state index in [2.05, 4.69) is 0 Å². The zero-order chi connectivity index (χ0) is 12.0. The van der Waals surface area contributed by atoms with Gasteiger partial charge in [-0.25, -0.2) is 0 Å². The van der Waals surface area contributed by atoms with Crippen LogP contribution in [0.4, 0.5) is 0 Å². The summed E-state index contributed by atoms with van der Waals surface area (Å²) < 4.78 is 5.39. The third kappa shape index (κ3) is 4.33. The summed E-state index contributed by atoms with van der Waals surface area (Å²) in [6.45, 7) is 3.70. The summed E-state index contributed by atoms with van der Waals surface area (Å²) in [7, 11) is 0. The van der Waals surface area contributed by atoms with E-state index < -0.39 is 0 Å². The molecule has 1 aliphatic rings. The highest BCUT2D eigenvalue weighted by atomic mass is 16.5. The maximum Gasteiger partial charge on any atom is 0.308 e. The van der Waals surface area contributed by atoms with Gasteiger partial charge in [-0.15, -0.1) is 0 Å². The van der Waals surface area contributed by atoms with Crippen LogP contribution in [0.1, 0.15) is 58.8 Å². The molecule has 0 aliphatic heterocycles. The molecular weight excluding hydrogens is 204 g/mol. The van der Waals surface area contributed by atoms with Crippen molar-refractivity contribution < 1.29 is 14.3 Å². The van der Waals surface area contributed by atoms with Crippen molar-refractivity contribution in [2.75, 3.05) is 0 Å². The minimum absolute atomic E-state index is 0.129. The average Bonchev–Trinajstić information content (AvgIpc) is 2.77. The minimum Gasteiger partial charge on any atom is -0.462 e. The first-order valence-corrected chi connectivity index (χ1v) is 6.35. The molecule has 0 radical (unpaired) electrons. The van der Waals surface area contributed by atoms with Crippen molar-refractivity contribution in [3.63, 3.8) is 0 Å². The van der Waals surface area contributed by atoms with Crippen LogP contribution in [0, 0.1) is 5.92 Å². The summed E-state index contributed by atoms with van der Waals surface area (Å²) in [6, 6.07) is 0. The van der Waals surface area contributed by atoms with Crippen molar-refractivity contribution in [2.24, 2.45) is 5.92 Å². The number of hydrogen-bond donors (Lipinski definition) is 0. The number of esters is 1. The predicted octanol–water partition coefficient (Wildman–Crippen LogP) is 2.87. The first-order valence-electron chi connectivity index (χ1n) is 6.35. The van der Waals surface area contributed by atoms with Crippen LogP contribution in [-0.4, -0.2) is 17.9 Å². The van der Waals surface area contributed by atoms with Crippen molar-refractivity contribution in [2.45, 2.75) is 64.9 Å². The third-order valence-corrected chi connectivity index (χ3v) is 3.24. The first-order chi connectivity index (χ1) is 7.63. The second-order valence-corrected chi connectivity index (χ2v) is 4.68. The number of carbonyl (C=O) groups is 2. The lowest BCUT2D eigenvalue weighted by Crippen LogP contribution is -2.21. The maximum atomic E-state index is 11.7. The topological polar surface area (TPSA) is 43.4 Å². The van der Waals surface area contributed by atoms with Crippen LogP contribution in [0.2, 0.25) is 0 Å². The molecule has 1 aliphatic carbocycles. The quantitative estimate of drug-likeness (QED) is 0.654. The van der Waals surface area contributed by atoms with E-state index in [0.717, 1.165) is 12.8 Å². The molecule has 0 amide bonds. The van der Waals surface area contributed by atoms with Crippen molar-refractivity contribution in [1.82, 2.24) is 0 Å². The Labute approximate surface area is 97.5 Å². The van der Waals surface area contributed by atoms with Crippen LogP contribution in [0.5, 0.6) is 0 Å². The number of rotatable bonds is 6. The van der Waals surface area contributed by atoms with Gasteiger partial charge in [0.1, 0.15) is 11.9 Å². The smallest absolute Gasteiger partial charge is 0.308 e. The molecule has 16 heavy (non-hydrogen) atoms. The summed E-state index contributed by atoms with van der Waals surface area (Å²) in [5.74, 6) is -0.0487. The number of ether oxygens (including phenoxy) is 1. The zero-order valence-corrected chi connectivity index (χ0v) is 10.3. The second-order valence-electron chi connectivity index (χ2n) is 4.68. The van der Waals surface area contributed by atoms with Crippen molar-refractivity contribution >= 4 is 11.8 Å². The van der Waals surface area contributed by atoms with Crippen LogP contribution in [-0.2, 0) is 14.3 Å². The van der Waals surface area contributed by atoms with Gasteiger partial charge in [0.25, 0.3) is 0 Å². The fourth-order valence-corrected chi connectivity index (χ4v) is 1.96. The van der Waals surface area contributed by atoms with E-state index in [0.29, 0.717) is 19.3 Å². The SMILES string of the molecule is CCC(=O)CCC(C)C(=O)OC1CCCC1. The molecule has 3 heteroatoms. The van der Waals surface area contributed by atoms with E-state index in [9.17, 15) is 9.59 Å². The summed E-state index contributed by atoms with van der Waals surface area (Å²) in [6.07, 6.45) is 6.16. The molecule has 1 rings (SSSR count). The number of ketones is 1. The standard InChI is InChI=1S/C13H22O3/c1-3-11(14)9-8-10(2)13(15)16-12-6-4-5-7-12/h10,12H,3-9H2,1-2H3. The summed E-state index contributed by atoms with van der Waals surface area (Å²) in [5.41, 5.74) is 0. The number of hydrogen-bond acceptors (Lipinski definition) is 3. The highest BCUT2D eigenvalue weighted by Gasteiger charge is 2.22. The monoisotopic (exact) mass is 226 g/mol. The highest BCUT2D eigenvalue weighted by Crippen LogP contribution is 2.22. The first kappa shape index (κ1) is 13.2. The van der Waals surface area contributed by atoms with Gasteiger partial charge in [0.2, 0.25) is 0 Å². The molecule has 0 bridgehead atoms. The zero-order valence-electron chi connectivity index (χ0n) is 10.3. The molecule has 0 saturated heterocycles. The van der Waals surface area contributed by atoms with Gasteiger partial charge in [-0.2, -0.15) is 0 Å². The van der Waals surface area contributed by atoms with Gasteiger partial charge in [-0.3, -0.25) is 9.59 Å². The lowest BCUT2D eigenvalue weighted by molar-refractivity contribution is -0.153. The van der Waals surface area contributed by atoms with E-state index in [4.69, 9.17) is 4.74 Å². The Balaban J connectivity index is 2.21. The van der Waals surface area contributed by atoms with E-state index in [-0.39, 0.29) is 23.8 Å². The highest BCUT2D eigenvalue weighted by molar-refractivity contribution is 5.79. The molecule has 1 atom stereocenters. The lowest BCUT2D eigenvalue weighted by atomic mass is 10.0. The summed E-state index contributed by atoms with van der Waals surface area (Å²) in [4.78, 5) is 22.8. The van der Waals surface area contributed by atoms with Crippen LogP contribution in [0.3, 0.4) is 0 Å². The molecule has 0 aromatic rings. The van der Waals surface area contributed by atoms with Gasteiger partial charge in [-0.05, 0) is 32.1 Å². The van der Waals surface area contributed by atoms with Crippen LogP contribution >= 0.6 is 0 Å². The molecule has 92 valence electrons. The Morgan fingerprint density at radius 1 is 1.31 bits per heavy atom. The maximum absolute atomic E-state index is 11.7. The molecule has 1 saturated carbocycles. The normalized spacial score (nSPS) is 18.4. The molecule has 1 unspecified atom stereocenters. The molecular formula is C13H22O3. The van der Waals surface area contributed by atoms with E-state index in [1.54, 1.807) is 0 Å². The Kier molecular flexibility index (Phi) is 5.50. The molecule has 0 aromatic carbocycles. The fourth-order valence-electron chi connectivity index (χ4n) is 1.96. The second kappa shape index (κ2) is 6.66. The molecule has 1 fully saturated rings. The Bertz CT molecular complexity index is 242. The molecule has 0 spiro atoms. The molecule has 0 heterocycles. The van der Waals surface area contributed by atoms with Gasteiger partial charge >= 0.3 is 5.97 Å². The Hall–Kier alpha value is -0.860. The molecule has 0 N–H and O–H groups in total. The summed E-state index contributed by atoms with van der Waals surface area (Å²) >= 11 is 0. The predicted molar refractivity (Wildman–Crippen MR) is 62.0 cm³/mol. The van der Waals surface area contributed by atoms with Crippen LogP contribution < -0.4 is 0 Å². The van der Waals surface area contributed by atoms with Gasteiger partial charge in [0.05, 0.1) is 5.92 Å². The minimum atomic E-state index is -0.142. The number of carbonyl (C=O) groups excluding carboxylic acids is 2.